The Hall–Kier alpha value is -6.68. The van der Waals surface area contributed by atoms with Gasteiger partial charge >= 0.3 is 12.2 Å². The molecule has 2 aliphatic heterocycles. The Balaban J connectivity index is 1.19. The molecule has 2 heterocycles. The van der Waals surface area contributed by atoms with Crippen molar-refractivity contribution in [2.24, 2.45) is 4.99 Å². The van der Waals surface area contributed by atoms with Crippen molar-refractivity contribution in [3.63, 3.8) is 0 Å². The van der Waals surface area contributed by atoms with Crippen LogP contribution < -0.4 is 10.6 Å². The fourth-order valence-corrected chi connectivity index (χ4v) is 6.69. The fraction of sp³-hybridized carbons (Fsp3) is 0.361. The fourth-order valence-electron chi connectivity index (χ4n) is 6.29. The highest BCUT2D eigenvalue weighted by Crippen LogP contribution is 2.28. The van der Waals surface area contributed by atoms with Crippen LogP contribution in [0.3, 0.4) is 0 Å². The van der Waals surface area contributed by atoms with Gasteiger partial charge in [0.15, 0.2) is 0 Å². The van der Waals surface area contributed by atoms with Crippen LogP contribution in [0.5, 0.6) is 0 Å². The van der Waals surface area contributed by atoms with E-state index in [4.69, 9.17) is 9.47 Å². The van der Waals surface area contributed by atoms with Gasteiger partial charge in [-0.15, -0.1) is 0 Å². The molecule has 306 valence electrons. The minimum absolute atomic E-state index is 0.0384. The second-order valence-corrected chi connectivity index (χ2v) is 14.1. The molecule has 4 amide bonds. The number of nitro benzene ring substituents is 3. The first-order chi connectivity index (χ1) is 27.6. The average molecular weight is 823 g/mol. The molecular formula is C36H38N8O13S. The second kappa shape index (κ2) is 19.5. The molecule has 0 radical (unpaired) electrons. The number of likely N-dealkylation sites (tertiary alicyclic amines) is 2. The number of non-ortho nitro benzene ring substituents is 3. The van der Waals surface area contributed by atoms with Crippen LogP contribution in [0.15, 0.2) is 77.8 Å². The summed E-state index contributed by atoms with van der Waals surface area (Å²) in [6, 6.07) is 14.8. The number of aliphatic imine (C=N–C) groups is 1. The number of thiol groups is 1. The maximum atomic E-state index is 13.4. The largest absolute Gasteiger partial charge is 0.444 e. The van der Waals surface area contributed by atoms with Crippen molar-refractivity contribution in [2.45, 2.75) is 62.3 Å². The van der Waals surface area contributed by atoms with E-state index in [2.05, 4.69) is 28.3 Å². The van der Waals surface area contributed by atoms with E-state index >= 15 is 0 Å². The van der Waals surface area contributed by atoms with Crippen LogP contribution in [0.4, 0.5) is 26.7 Å². The Morgan fingerprint density at radius 2 is 1.22 bits per heavy atom. The molecule has 58 heavy (non-hydrogen) atoms. The van der Waals surface area contributed by atoms with Gasteiger partial charge in [0, 0.05) is 61.3 Å². The lowest BCUT2D eigenvalue weighted by Gasteiger charge is -2.29. The third-order valence-electron chi connectivity index (χ3n) is 9.27. The van der Waals surface area contributed by atoms with E-state index in [0.29, 0.717) is 29.5 Å². The Bertz CT molecular complexity index is 1970. The van der Waals surface area contributed by atoms with Crippen molar-refractivity contribution in [3.8, 4) is 0 Å². The number of aliphatic hydroxyl groups is 1. The van der Waals surface area contributed by atoms with Gasteiger partial charge in [0.2, 0.25) is 17.8 Å². The number of guanidine groups is 1. The summed E-state index contributed by atoms with van der Waals surface area (Å²) in [5.41, 5.74) is 0.984. The van der Waals surface area contributed by atoms with Crippen LogP contribution >= 0.6 is 12.6 Å². The number of aliphatic hydroxyl groups excluding tert-OH is 1. The molecular weight excluding hydrogens is 785 g/mol. The molecule has 2 fully saturated rings. The Morgan fingerprint density at radius 1 is 0.759 bits per heavy atom. The summed E-state index contributed by atoms with van der Waals surface area (Å²) in [6.07, 6.45) is -3.09. The molecule has 2 aliphatic rings. The lowest BCUT2D eigenvalue weighted by molar-refractivity contribution is -0.385. The first-order valence-electron chi connectivity index (χ1n) is 17.7. The standard InChI is InChI=1S/C36H38N8O13S/c45-31(30-16-29(58)19-41(30)33(47)15-22-1-7-26(8-2-22)42(50)51)17-32(46)40-14-13-25(18-40)37-34(38-35(48)56-20-23-3-9-27(10-4-23)43(52)53)39-36(49)57-21-24-5-11-28(12-6-24)44(54)55/h1-12,25,29-31,45,58H,13-21H2,(H2,37,38,39,48,49)/t25-,29-,30-,31-/m0/s1. The van der Waals surface area contributed by atoms with Crippen molar-refractivity contribution in [3.05, 3.63) is 120 Å². The van der Waals surface area contributed by atoms with Crippen LogP contribution in [0.1, 0.15) is 36.0 Å². The van der Waals surface area contributed by atoms with Gasteiger partial charge in [-0.3, -0.25) is 50.6 Å². The van der Waals surface area contributed by atoms with E-state index in [0.717, 1.165) is 0 Å². The van der Waals surface area contributed by atoms with Crippen LogP contribution in [0.25, 0.3) is 0 Å². The quantitative estimate of drug-likeness (QED) is 0.0633. The summed E-state index contributed by atoms with van der Waals surface area (Å²) in [4.78, 5) is 90.6. The smallest absolute Gasteiger partial charge is 0.414 e. The molecule has 2 saturated heterocycles. The Labute approximate surface area is 334 Å². The number of alkyl carbamates (subject to hydrolysis) is 2. The second-order valence-electron chi connectivity index (χ2n) is 13.4. The van der Waals surface area contributed by atoms with E-state index < -0.39 is 51.1 Å². The summed E-state index contributed by atoms with van der Waals surface area (Å²) in [7, 11) is 0. The van der Waals surface area contributed by atoms with Crippen LogP contribution in [-0.4, -0.2) is 103 Å². The predicted molar refractivity (Wildman–Crippen MR) is 206 cm³/mol. The zero-order valence-electron chi connectivity index (χ0n) is 30.6. The number of nitrogens with one attached hydrogen (secondary N) is 2. The van der Waals surface area contributed by atoms with E-state index in [-0.39, 0.29) is 79.9 Å². The summed E-state index contributed by atoms with van der Waals surface area (Å²) >= 11 is 4.50. The molecule has 0 spiro atoms. The normalized spacial score (nSPS) is 17.8. The topological polar surface area (TPSA) is 279 Å². The van der Waals surface area contributed by atoms with Crippen LogP contribution in [0.2, 0.25) is 0 Å². The van der Waals surface area contributed by atoms with Crippen molar-refractivity contribution >= 4 is 59.7 Å². The number of nitrogens with zero attached hydrogens (tertiary/aromatic N) is 6. The minimum Gasteiger partial charge on any atom is -0.444 e. The maximum Gasteiger partial charge on any atom is 0.414 e. The monoisotopic (exact) mass is 822 g/mol. The van der Waals surface area contributed by atoms with Gasteiger partial charge in [0.05, 0.1) is 45.8 Å². The van der Waals surface area contributed by atoms with Gasteiger partial charge in [0.1, 0.15) is 13.2 Å². The van der Waals surface area contributed by atoms with E-state index in [1.165, 1.54) is 82.6 Å². The van der Waals surface area contributed by atoms with Crippen LogP contribution in [-0.2, 0) is 38.7 Å². The van der Waals surface area contributed by atoms with Gasteiger partial charge in [-0.05, 0) is 53.8 Å². The third-order valence-corrected chi connectivity index (χ3v) is 9.65. The average Bonchev–Trinajstić information content (AvgIpc) is 3.83. The molecule has 0 aromatic heterocycles. The number of ether oxygens (including phenoxy) is 2. The lowest BCUT2D eigenvalue weighted by atomic mass is 10.0. The summed E-state index contributed by atoms with van der Waals surface area (Å²) in [5.74, 6) is -1.14. The Morgan fingerprint density at radius 3 is 1.69 bits per heavy atom. The van der Waals surface area contributed by atoms with Gasteiger partial charge in [-0.25, -0.2) is 14.6 Å². The number of nitro groups is 3. The number of rotatable bonds is 13. The molecule has 21 nitrogen and oxygen atoms in total. The molecule has 0 unspecified atom stereocenters. The molecule has 3 aromatic rings. The zero-order valence-corrected chi connectivity index (χ0v) is 31.5. The molecule has 3 N–H and O–H groups in total. The first-order valence-corrected chi connectivity index (χ1v) is 18.3. The van der Waals surface area contributed by atoms with Gasteiger partial charge in [-0.1, -0.05) is 12.1 Å². The highest BCUT2D eigenvalue weighted by molar-refractivity contribution is 7.81. The summed E-state index contributed by atoms with van der Waals surface area (Å²) < 4.78 is 10.4. The molecule has 0 bridgehead atoms. The number of hydrogen-bond acceptors (Lipinski definition) is 15. The molecule has 5 rings (SSSR count). The van der Waals surface area contributed by atoms with Crippen molar-refractivity contribution in [2.75, 3.05) is 19.6 Å². The van der Waals surface area contributed by atoms with E-state index in [1.54, 1.807) is 0 Å². The van der Waals surface area contributed by atoms with Gasteiger partial charge in [-0.2, -0.15) is 12.6 Å². The summed E-state index contributed by atoms with van der Waals surface area (Å²) in [5, 5.41) is 48.4. The molecule has 3 aromatic carbocycles. The molecule has 0 saturated carbocycles. The number of benzene rings is 3. The minimum atomic E-state index is -1.23. The van der Waals surface area contributed by atoms with Crippen molar-refractivity contribution in [1.82, 2.24) is 20.4 Å². The SMILES string of the molecule is O=C(NC(=N[C@H]1CCN(C(=O)C[C@H](O)[C@@H]2C[C@H](S)CN2C(=O)Cc2ccc([N+](=O)[O-])cc2)C1)NC(=O)OCc1ccc([N+](=O)[O-])cc1)OCc1ccc([N+](=O)[O-])cc1. The first kappa shape index (κ1) is 42.5. The molecule has 22 heteroatoms. The number of hydrogen-bond donors (Lipinski definition) is 4. The van der Waals surface area contributed by atoms with Crippen LogP contribution in [0, 0.1) is 30.3 Å². The van der Waals surface area contributed by atoms with E-state index in [1.807, 2.05) is 0 Å². The molecule has 4 atom stereocenters. The van der Waals surface area contributed by atoms with Gasteiger partial charge < -0.3 is 24.4 Å². The lowest BCUT2D eigenvalue weighted by Crippen LogP contribution is -2.46. The highest BCUT2D eigenvalue weighted by Gasteiger charge is 2.39. The van der Waals surface area contributed by atoms with Gasteiger partial charge in [0.25, 0.3) is 17.1 Å². The zero-order chi connectivity index (χ0) is 41.9. The number of amides is 4. The van der Waals surface area contributed by atoms with Crippen molar-refractivity contribution in [1.29, 1.82) is 0 Å². The number of carbonyl (C=O) groups excluding carboxylic acids is 4. The van der Waals surface area contributed by atoms with Crippen molar-refractivity contribution < 1.29 is 48.5 Å². The molecule has 0 aliphatic carbocycles. The number of carbonyl (C=O) groups is 4. The van der Waals surface area contributed by atoms with E-state index in [9.17, 15) is 54.6 Å². The third kappa shape index (κ3) is 11.9. The summed E-state index contributed by atoms with van der Waals surface area (Å²) in [6.45, 7) is -0.0855. The predicted octanol–water partition coefficient (Wildman–Crippen LogP) is 3.41. The Kier molecular flexibility index (Phi) is 14.2. The highest BCUT2D eigenvalue weighted by atomic mass is 32.1. The maximum absolute atomic E-state index is 13.4.